The number of hydrogen-bond acceptors (Lipinski definition) is 4. The molecule has 0 bridgehead atoms. The molecule has 1 fully saturated rings. The van der Waals surface area contributed by atoms with Gasteiger partial charge in [-0.05, 0) is 23.8 Å². The van der Waals surface area contributed by atoms with E-state index in [0.717, 1.165) is 11.3 Å². The van der Waals surface area contributed by atoms with Crippen LogP contribution in [0.2, 0.25) is 0 Å². The average Bonchev–Trinajstić information content (AvgIpc) is 2.77. The zero-order chi connectivity index (χ0) is 15.0. The van der Waals surface area contributed by atoms with Crippen LogP contribution in [-0.2, 0) is 16.6 Å². The van der Waals surface area contributed by atoms with Crippen molar-refractivity contribution >= 4 is 21.4 Å². The Morgan fingerprint density at radius 2 is 2.10 bits per heavy atom. The summed E-state index contributed by atoms with van der Waals surface area (Å²) < 4.78 is 27.1. The molecule has 0 aromatic carbocycles. The minimum Gasteiger partial charge on any atom is -0.310 e. The Hall–Kier alpha value is -0.430. The first kappa shape index (κ1) is 15.9. The maximum Gasteiger partial charge on any atom is 0.241 e. The number of sulfonamides is 1. The SMILES string of the molecule is CC(C)NCc1cc(S(=O)(=O)NCC2CC2(C)C)cs1. The molecular formula is C14H24N2O2S2. The Morgan fingerprint density at radius 3 is 2.65 bits per heavy atom. The smallest absolute Gasteiger partial charge is 0.241 e. The summed E-state index contributed by atoms with van der Waals surface area (Å²) in [6.45, 7) is 9.76. The number of nitrogens with one attached hydrogen (secondary N) is 2. The number of hydrogen-bond donors (Lipinski definition) is 2. The lowest BCUT2D eigenvalue weighted by molar-refractivity contribution is 0.537. The highest BCUT2D eigenvalue weighted by molar-refractivity contribution is 7.89. The van der Waals surface area contributed by atoms with Crippen LogP contribution < -0.4 is 10.0 Å². The number of rotatable bonds is 7. The average molecular weight is 316 g/mol. The molecule has 0 saturated heterocycles. The summed E-state index contributed by atoms with van der Waals surface area (Å²) in [7, 11) is -3.35. The van der Waals surface area contributed by atoms with Crippen molar-refractivity contribution in [1.29, 1.82) is 0 Å². The van der Waals surface area contributed by atoms with Crippen LogP contribution in [0.4, 0.5) is 0 Å². The summed E-state index contributed by atoms with van der Waals surface area (Å²) >= 11 is 1.49. The lowest BCUT2D eigenvalue weighted by Gasteiger charge is -2.06. The minimum atomic E-state index is -3.35. The first-order valence-electron chi connectivity index (χ1n) is 7.01. The van der Waals surface area contributed by atoms with Gasteiger partial charge in [-0.15, -0.1) is 11.3 Å². The molecule has 4 nitrogen and oxygen atoms in total. The van der Waals surface area contributed by atoms with E-state index < -0.39 is 10.0 Å². The van der Waals surface area contributed by atoms with Gasteiger partial charge in [0.1, 0.15) is 0 Å². The van der Waals surface area contributed by atoms with Crippen LogP contribution >= 0.6 is 11.3 Å². The predicted molar refractivity (Wildman–Crippen MR) is 83.4 cm³/mol. The Bertz CT molecular complexity index is 561. The third-order valence-corrected chi connectivity index (χ3v) is 6.35. The molecule has 2 N–H and O–H groups in total. The maximum absolute atomic E-state index is 12.2. The molecule has 1 saturated carbocycles. The quantitative estimate of drug-likeness (QED) is 0.813. The maximum atomic E-state index is 12.2. The van der Waals surface area contributed by atoms with Crippen molar-refractivity contribution in [2.24, 2.45) is 11.3 Å². The second-order valence-corrected chi connectivity index (χ2v) is 9.29. The Morgan fingerprint density at radius 1 is 1.45 bits per heavy atom. The Labute approximate surface area is 126 Å². The van der Waals surface area contributed by atoms with Gasteiger partial charge >= 0.3 is 0 Å². The van der Waals surface area contributed by atoms with E-state index in [1.54, 1.807) is 11.4 Å². The zero-order valence-electron chi connectivity index (χ0n) is 12.6. The van der Waals surface area contributed by atoms with Crippen LogP contribution in [0.1, 0.15) is 39.0 Å². The van der Waals surface area contributed by atoms with Gasteiger partial charge in [0.2, 0.25) is 10.0 Å². The standard InChI is InChI=1S/C14H24N2O2S2/c1-10(2)15-8-12-5-13(9-19-12)20(17,18)16-7-11-6-14(11,3)4/h5,9-11,15-16H,6-8H2,1-4H3. The van der Waals surface area contributed by atoms with Gasteiger partial charge in [0.15, 0.2) is 0 Å². The van der Waals surface area contributed by atoms with E-state index in [1.807, 2.05) is 0 Å². The molecule has 1 aliphatic carbocycles. The fourth-order valence-electron chi connectivity index (χ4n) is 2.12. The first-order valence-corrected chi connectivity index (χ1v) is 9.37. The molecule has 0 amide bonds. The largest absolute Gasteiger partial charge is 0.310 e. The zero-order valence-corrected chi connectivity index (χ0v) is 14.2. The van der Waals surface area contributed by atoms with Gasteiger partial charge in [-0.1, -0.05) is 27.7 Å². The van der Waals surface area contributed by atoms with Gasteiger partial charge in [0.05, 0.1) is 4.90 Å². The molecule has 1 aliphatic rings. The van der Waals surface area contributed by atoms with Crippen molar-refractivity contribution in [2.45, 2.75) is 51.6 Å². The van der Waals surface area contributed by atoms with Crippen molar-refractivity contribution in [3.8, 4) is 0 Å². The van der Waals surface area contributed by atoms with E-state index in [9.17, 15) is 8.42 Å². The van der Waals surface area contributed by atoms with Crippen molar-refractivity contribution in [2.75, 3.05) is 6.54 Å². The first-order chi connectivity index (χ1) is 9.21. The van der Waals surface area contributed by atoms with Gasteiger partial charge in [-0.3, -0.25) is 0 Å². The molecule has 1 aromatic heterocycles. The molecule has 1 aromatic rings. The summed E-state index contributed by atoms with van der Waals surface area (Å²) in [4.78, 5) is 1.44. The van der Waals surface area contributed by atoms with Gasteiger partial charge in [0, 0.05) is 29.4 Å². The Balaban J connectivity index is 1.92. The molecule has 1 heterocycles. The van der Waals surface area contributed by atoms with Crippen LogP contribution in [0.5, 0.6) is 0 Å². The molecule has 1 unspecified atom stereocenters. The van der Waals surface area contributed by atoms with Gasteiger partial charge in [0.25, 0.3) is 0 Å². The minimum absolute atomic E-state index is 0.295. The van der Waals surface area contributed by atoms with Gasteiger partial charge in [-0.2, -0.15) is 0 Å². The normalized spacial score (nSPS) is 21.4. The Kier molecular flexibility index (Phi) is 4.59. The van der Waals surface area contributed by atoms with E-state index in [0.29, 0.717) is 35.4 Å². The van der Waals surface area contributed by atoms with Crippen LogP contribution in [0.3, 0.4) is 0 Å². The van der Waals surface area contributed by atoms with Crippen molar-refractivity contribution in [3.05, 3.63) is 16.3 Å². The van der Waals surface area contributed by atoms with E-state index in [1.165, 1.54) is 11.3 Å². The van der Waals surface area contributed by atoms with Crippen LogP contribution in [0, 0.1) is 11.3 Å². The lowest BCUT2D eigenvalue weighted by Crippen LogP contribution is -2.26. The predicted octanol–water partition coefficient (Wildman–Crippen LogP) is 2.57. The molecule has 0 radical (unpaired) electrons. The highest BCUT2D eigenvalue weighted by Gasteiger charge is 2.45. The van der Waals surface area contributed by atoms with Crippen LogP contribution in [0.15, 0.2) is 16.3 Å². The summed E-state index contributed by atoms with van der Waals surface area (Å²) in [5.74, 6) is 0.470. The van der Waals surface area contributed by atoms with Gasteiger partial charge in [-0.25, -0.2) is 13.1 Å². The molecular weight excluding hydrogens is 292 g/mol. The lowest BCUT2D eigenvalue weighted by atomic mass is 10.1. The van der Waals surface area contributed by atoms with E-state index >= 15 is 0 Å². The second kappa shape index (κ2) is 5.75. The van der Waals surface area contributed by atoms with Crippen molar-refractivity contribution in [1.82, 2.24) is 10.0 Å². The monoisotopic (exact) mass is 316 g/mol. The highest BCUT2D eigenvalue weighted by Crippen LogP contribution is 2.51. The second-order valence-electron chi connectivity index (χ2n) is 6.53. The number of thiophene rings is 1. The molecule has 114 valence electrons. The molecule has 0 spiro atoms. The summed E-state index contributed by atoms with van der Waals surface area (Å²) in [6.07, 6.45) is 1.10. The molecule has 0 aliphatic heterocycles. The summed E-state index contributed by atoms with van der Waals surface area (Å²) in [5, 5.41) is 5.01. The third-order valence-electron chi connectivity index (χ3n) is 3.86. The van der Waals surface area contributed by atoms with Gasteiger partial charge < -0.3 is 5.32 Å². The van der Waals surface area contributed by atoms with Crippen molar-refractivity contribution in [3.63, 3.8) is 0 Å². The third kappa shape index (κ3) is 4.04. The topological polar surface area (TPSA) is 58.2 Å². The van der Waals surface area contributed by atoms with E-state index in [2.05, 4.69) is 37.7 Å². The van der Waals surface area contributed by atoms with E-state index in [-0.39, 0.29) is 0 Å². The van der Waals surface area contributed by atoms with Crippen molar-refractivity contribution < 1.29 is 8.42 Å². The molecule has 2 rings (SSSR count). The highest BCUT2D eigenvalue weighted by atomic mass is 32.2. The fraction of sp³-hybridized carbons (Fsp3) is 0.714. The molecule has 1 atom stereocenters. The van der Waals surface area contributed by atoms with Crippen LogP contribution in [0.25, 0.3) is 0 Å². The summed E-state index contributed by atoms with van der Waals surface area (Å²) in [5.41, 5.74) is 0.295. The molecule has 20 heavy (non-hydrogen) atoms. The molecule has 6 heteroatoms. The van der Waals surface area contributed by atoms with E-state index in [4.69, 9.17) is 0 Å². The van der Waals surface area contributed by atoms with Crippen LogP contribution in [-0.4, -0.2) is 21.0 Å². The fourth-order valence-corrected chi connectivity index (χ4v) is 4.42. The summed E-state index contributed by atoms with van der Waals surface area (Å²) in [6, 6.07) is 2.16.